The van der Waals surface area contributed by atoms with Gasteiger partial charge in [0, 0.05) is 24.2 Å². The average molecular weight is 222 g/mol. The fraction of sp³-hybridized carbons (Fsp3) is 1.00. The molecule has 0 saturated carbocycles. The summed E-state index contributed by atoms with van der Waals surface area (Å²) in [6.45, 7) is 0. The van der Waals surface area contributed by atoms with Crippen molar-refractivity contribution in [3.8, 4) is 0 Å². The highest BCUT2D eigenvalue weighted by Crippen LogP contribution is 2.36. The van der Waals surface area contributed by atoms with E-state index in [1.165, 1.54) is 51.4 Å². The maximum atomic E-state index is 2.70. The summed E-state index contributed by atoms with van der Waals surface area (Å²) in [4.78, 5) is 5.40. The molecule has 0 aliphatic carbocycles. The Bertz CT molecular complexity index is 203. The number of nitrogens with zero attached hydrogens (tertiary/aromatic N) is 2. The average Bonchev–Trinajstić information content (AvgIpc) is 2.75. The van der Waals surface area contributed by atoms with Crippen molar-refractivity contribution in [3.05, 3.63) is 0 Å². The van der Waals surface area contributed by atoms with Gasteiger partial charge in [0.15, 0.2) is 0 Å². The van der Waals surface area contributed by atoms with Gasteiger partial charge in [-0.05, 0) is 65.5 Å². The van der Waals surface area contributed by atoms with E-state index in [0.29, 0.717) is 0 Å². The second kappa shape index (κ2) is 4.30. The van der Waals surface area contributed by atoms with E-state index in [0.717, 1.165) is 24.2 Å². The Morgan fingerprint density at radius 2 is 0.688 bits per heavy atom. The summed E-state index contributed by atoms with van der Waals surface area (Å²) in [7, 11) is 4.74. The van der Waals surface area contributed by atoms with E-state index in [9.17, 15) is 0 Å². The Labute approximate surface area is 100.0 Å². The van der Waals surface area contributed by atoms with Crippen molar-refractivity contribution in [2.24, 2.45) is 0 Å². The van der Waals surface area contributed by atoms with E-state index in [2.05, 4.69) is 23.9 Å². The topological polar surface area (TPSA) is 6.48 Å². The molecule has 92 valence electrons. The molecule has 0 aromatic rings. The summed E-state index contributed by atoms with van der Waals surface area (Å²) in [6, 6.07) is 3.59. The Balaban J connectivity index is 1.73. The molecule has 3 aliphatic rings. The quantitative estimate of drug-likeness (QED) is 0.621. The number of fused-ring (bicyclic) bond motifs is 4. The van der Waals surface area contributed by atoms with Gasteiger partial charge in [0.1, 0.15) is 0 Å². The molecule has 2 nitrogen and oxygen atoms in total. The van der Waals surface area contributed by atoms with Crippen LogP contribution in [0.4, 0.5) is 0 Å². The van der Waals surface area contributed by atoms with Crippen LogP contribution in [0.1, 0.15) is 51.4 Å². The van der Waals surface area contributed by atoms with Crippen LogP contribution in [0.2, 0.25) is 0 Å². The zero-order valence-corrected chi connectivity index (χ0v) is 10.9. The van der Waals surface area contributed by atoms with Crippen LogP contribution in [0.15, 0.2) is 0 Å². The van der Waals surface area contributed by atoms with Gasteiger partial charge in [-0.25, -0.2) is 0 Å². The van der Waals surface area contributed by atoms with Gasteiger partial charge >= 0.3 is 0 Å². The highest BCUT2D eigenvalue weighted by molar-refractivity contribution is 4.93. The molecule has 3 aliphatic heterocycles. The van der Waals surface area contributed by atoms with Crippen LogP contribution in [0.5, 0.6) is 0 Å². The fourth-order valence-electron chi connectivity index (χ4n) is 4.34. The third kappa shape index (κ3) is 1.80. The van der Waals surface area contributed by atoms with Gasteiger partial charge in [-0.1, -0.05) is 0 Å². The zero-order valence-electron chi connectivity index (χ0n) is 10.9. The van der Waals surface area contributed by atoms with Crippen LogP contribution in [0.3, 0.4) is 0 Å². The minimum absolute atomic E-state index is 0.899. The highest BCUT2D eigenvalue weighted by Gasteiger charge is 2.36. The summed E-state index contributed by atoms with van der Waals surface area (Å²) in [6.07, 6.45) is 11.6. The third-order valence-corrected chi connectivity index (χ3v) is 5.64. The van der Waals surface area contributed by atoms with Crippen molar-refractivity contribution in [2.75, 3.05) is 14.1 Å². The molecule has 3 fully saturated rings. The summed E-state index contributed by atoms with van der Waals surface area (Å²) in [5.74, 6) is 0. The lowest BCUT2D eigenvalue weighted by atomic mass is 10.0. The molecule has 2 heteroatoms. The van der Waals surface area contributed by atoms with E-state index in [1.807, 2.05) is 0 Å². The van der Waals surface area contributed by atoms with E-state index in [1.54, 1.807) is 0 Å². The number of hydrogen-bond donors (Lipinski definition) is 0. The minimum Gasteiger partial charge on any atom is -0.300 e. The molecule has 0 atom stereocenters. The predicted octanol–water partition coefficient (Wildman–Crippen LogP) is 2.49. The van der Waals surface area contributed by atoms with Crippen molar-refractivity contribution in [2.45, 2.75) is 75.5 Å². The van der Waals surface area contributed by atoms with E-state index >= 15 is 0 Å². The molecule has 4 bridgehead atoms. The van der Waals surface area contributed by atoms with E-state index in [4.69, 9.17) is 0 Å². The molecule has 0 aromatic heterocycles. The van der Waals surface area contributed by atoms with Crippen LogP contribution < -0.4 is 0 Å². The largest absolute Gasteiger partial charge is 0.300 e. The molecular weight excluding hydrogens is 196 g/mol. The van der Waals surface area contributed by atoms with Crippen molar-refractivity contribution >= 4 is 0 Å². The van der Waals surface area contributed by atoms with Crippen molar-refractivity contribution in [1.29, 1.82) is 0 Å². The van der Waals surface area contributed by atoms with Crippen LogP contribution in [-0.2, 0) is 0 Å². The first-order chi connectivity index (χ1) is 7.75. The summed E-state index contributed by atoms with van der Waals surface area (Å²) >= 11 is 0. The lowest BCUT2D eigenvalue weighted by Gasteiger charge is -2.32. The first-order valence-electron chi connectivity index (χ1n) is 7.19. The van der Waals surface area contributed by atoms with Gasteiger partial charge in [-0.3, -0.25) is 0 Å². The number of hydrogen-bond acceptors (Lipinski definition) is 2. The summed E-state index contributed by atoms with van der Waals surface area (Å²) in [5.41, 5.74) is 0. The van der Waals surface area contributed by atoms with Crippen LogP contribution in [-0.4, -0.2) is 48.1 Å². The van der Waals surface area contributed by atoms with Crippen molar-refractivity contribution < 1.29 is 0 Å². The van der Waals surface area contributed by atoms with Gasteiger partial charge in [-0.2, -0.15) is 0 Å². The molecule has 0 N–H and O–H groups in total. The molecule has 0 spiro atoms. The normalized spacial score (nSPS) is 46.1. The van der Waals surface area contributed by atoms with Crippen molar-refractivity contribution in [3.63, 3.8) is 0 Å². The van der Waals surface area contributed by atoms with Crippen LogP contribution in [0.25, 0.3) is 0 Å². The Kier molecular flexibility index (Phi) is 2.97. The lowest BCUT2D eigenvalue weighted by Crippen LogP contribution is -2.38. The standard InChI is InChI=1S/C14H26N2/c1-15-11-3-4-12(15)8-10-14-6-5-13(9-7-11)16(14)2/h11-14H,3-10H2,1-2H3/t11-,12-,13-,14-/m0/s1. The maximum Gasteiger partial charge on any atom is 0.00963 e. The maximum absolute atomic E-state index is 2.70. The Hall–Kier alpha value is -0.0800. The molecule has 0 radical (unpaired) electrons. The fourth-order valence-corrected chi connectivity index (χ4v) is 4.34. The van der Waals surface area contributed by atoms with E-state index in [-0.39, 0.29) is 0 Å². The smallest absolute Gasteiger partial charge is 0.00963 e. The van der Waals surface area contributed by atoms with Gasteiger partial charge in [-0.15, -0.1) is 0 Å². The molecule has 3 rings (SSSR count). The lowest BCUT2D eigenvalue weighted by molar-refractivity contribution is 0.155. The van der Waals surface area contributed by atoms with Crippen LogP contribution >= 0.6 is 0 Å². The zero-order chi connectivity index (χ0) is 11.1. The van der Waals surface area contributed by atoms with Gasteiger partial charge < -0.3 is 9.80 Å². The Morgan fingerprint density at radius 1 is 0.500 bits per heavy atom. The second-order valence-electron chi connectivity index (χ2n) is 6.26. The number of rotatable bonds is 0. The van der Waals surface area contributed by atoms with Crippen LogP contribution in [0, 0.1) is 0 Å². The monoisotopic (exact) mass is 222 g/mol. The summed E-state index contributed by atoms with van der Waals surface area (Å²) < 4.78 is 0. The minimum atomic E-state index is 0.899. The molecule has 0 aromatic carbocycles. The van der Waals surface area contributed by atoms with Gasteiger partial charge in [0.2, 0.25) is 0 Å². The second-order valence-corrected chi connectivity index (χ2v) is 6.26. The van der Waals surface area contributed by atoms with Crippen molar-refractivity contribution in [1.82, 2.24) is 9.80 Å². The SMILES string of the molecule is CN1[C@H]2CC[C@H]1CC[C@@H]1CC[C@@H](CC2)N1C. The Morgan fingerprint density at radius 3 is 0.875 bits per heavy atom. The molecular formula is C14H26N2. The predicted molar refractivity (Wildman–Crippen MR) is 67.6 cm³/mol. The molecule has 3 heterocycles. The first kappa shape index (κ1) is 11.0. The third-order valence-electron chi connectivity index (χ3n) is 5.64. The molecule has 0 unspecified atom stereocenters. The molecule has 0 amide bonds. The van der Waals surface area contributed by atoms with Gasteiger partial charge in [0.25, 0.3) is 0 Å². The first-order valence-corrected chi connectivity index (χ1v) is 7.19. The molecule has 3 saturated heterocycles. The summed E-state index contributed by atoms with van der Waals surface area (Å²) in [5, 5.41) is 0. The molecule has 16 heavy (non-hydrogen) atoms. The van der Waals surface area contributed by atoms with Gasteiger partial charge in [0.05, 0.1) is 0 Å². The highest BCUT2D eigenvalue weighted by atomic mass is 15.2. The van der Waals surface area contributed by atoms with E-state index < -0.39 is 0 Å².